The Labute approximate surface area is 101 Å². The van der Waals surface area contributed by atoms with Crippen molar-refractivity contribution >= 4 is 6.09 Å². The third-order valence-electron chi connectivity index (χ3n) is 2.44. The molecule has 0 aliphatic heterocycles. The predicted molar refractivity (Wildman–Crippen MR) is 65.6 cm³/mol. The Morgan fingerprint density at radius 1 is 1.53 bits per heavy atom. The zero-order valence-corrected chi connectivity index (χ0v) is 9.85. The fraction of sp³-hybridized carbons (Fsp3) is 0.308. The number of benzene rings is 1. The number of amides is 1. The molecule has 0 saturated carbocycles. The van der Waals surface area contributed by atoms with Crippen LogP contribution in [0.3, 0.4) is 0 Å². The third-order valence-corrected chi connectivity index (χ3v) is 2.44. The standard InChI is InChI=1S/C13H17NO3/c1-3-9-17-12(16)14-13(2,10-15)11-7-5-4-6-8-11/h3-8,15H,1,9-10H2,2H3,(H,14,16). The zero-order chi connectivity index (χ0) is 12.7. The number of nitrogens with one attached hydrogen (secondary N) is 1. The molecule has 0 aliphatic carbocycles. The van der Waals surface area contributed by atoms with E-state index >= 15 is 0 Å². The molecule has 1 rings (SSSR count). The monoisotopic (exact) mass is 235 g/mol. The van der Waals surface area contributed by atoms with Gasteiger partial charge in [-0.1, -0.05) is 43.0 Å². The van der Waals surface area contributed by atoms with Crippen molar-refractivity contribution in [2.75, 3.05) is 13.2 Å². The van der Waals surface area contributed by atoms with E-state index in [1.807, 2.05) is 30.3 Å². The molecule has 4 nitrogen and oxygen atoms in total. The predicted octanol–water partition coefficient (Wildman–Crippen LogP) is 1.81. The number of hydrogen-bond acceptors (Lipinski definition) is 3. The van der Waals surface area contributed by atoms with Crippen molar-refractivity contribution < 1.29 is 14.6 Å². The van der Waals surface area contributed by atoms with Crippen LogP contribution in [0.15, 0.2) is 43.0 Å². The van der Waals surface area contributed by atoms with Gasteiger partial charge in [0.2, 0.25) is 0 Å². The van der Waals surface area contributed by atoms with Crippen LogP contribution in [-0.2, 0) is 10.3 Å². The first-order chi connectivity index (χ1) is 8.12. The van der Waals surface area contributed by atoms with Crippen LogP contribution in [0.5, 0.6) is 0 Å². The van der Waals surface area contributed by atoms with E-state index in [-0.39, 0.29) is 13.2 Å². The van der Waals surface area contributed by atoms with Gasteiger partial charge in [0.25, 0.3) is 0 Å². The van der Waals surface area contributed by atoms with Gasteiger partial charge in [-0.05, 0) is 12.5 Å². The Morgan fingerprint density at radius 2 is 2.18 bits per heavy atom. The summed E-state index contributed by atoms with van der Waals surface area (Å²) < 4.78 is 4.83. The zero-order valence-electron chi connectivity index (χ0n) is 9.85. The lowest BCUT2D eigenvalue weighted by molar-refractivity contribution is 0.124. The van der Waals surface area contributed by atoms with Gasteiger partial charge in [0.15, 0.2) is 0 Å². The highest BCUT2D eigenvalue weighted by molar-refractivity contribution is 5.68. The van der Waals surface area contributed by atoms with Crippen LogP contribution in [0.25, 0.3) is 0 Å². The van der Waals surface area contributed by atoms with Crippen molar-refractivity contribution in [2.24, 2.45) is 0 Å². The lowest BCUT2D eigenvalue weighted by atomic mass is 9.93. The SMILES string of the molecule is C=CCOC(=O)NC(C)(CO)c1ccccc1. The average molecular weight is 235 g/mol. The minimum atomic E-state index is -0.848. The molecular formula is C13H17NO3. The van der Waals surface area contributed by atoms with Gasteiger partial charge in [0.05, 0.1) is 12.1 Å². The topological polar surface area (TPSA) is 58.6 Å². The van der Waals surface area contributed by atoms with E-state index in [2.05, 4.69) is 11.9 Å². The van der Waals surface area contributed by atoms with E-state index in [1.54, 1.807) is 6.92 Å². The summed E-state index contributed by atoms with van der Waals surface area (Å²) >= 11 is 0. The summed E-state index contributed by atoms with van der Waals surface area (Å²) in [6.45, 7) is 5.12. The summed E-state index contributed by atoms with van der Waals surface area (Å²) in [5.74, 6) is 0. The Hall–Kier alpha value is -1.81. The summed E-state index contributed by atoms with van der Waals surface area (Å²) in [6.07, 6.45) is 0.906. The highest BCUT2D eigenvalue weighted by Gasteiger charge is 2.28. The van der Waals surface area contributed by atoms with E-state index in [4.69, 9.17) is 4.74 Å². The highest BCUT2D eigenvalue weighted by atomic mass is 16.5. The molecule has 17 heavy (non-hydrogen) atoms. The number of alkyl carbamates (subject to hydrolysis) is 1. The molecule has 0 heterocycles. The maximum absolute atomic E-state index is 11.5. The molecular weight excluding hydrogens is 218 g/mol. The van der Waals surface area contributed by atoms with Gasteiger partial charge in [-0.2, -0.15) is 0 Å². The van der Waals surface area contributed by atoms with E-state index < -0.39 is 11.6 Å². The van der Waals surface area contributed by atoms with Crippen molar-refractivity contribution in [3.63, 3.8) is 0 Å². The first-order valence-corrected chi connectivity index (χ1v) is 5.34. The second-order valence-corrected chi connectivity index (χ2v) is 3.87. The number of rotatable bonds is 5. The molecule has 0 aromatic heterocycles. The smallest absolute Gasteiger partial charge is 0.408 e. The van der Waals surface area contributed by atoms with Crippen LogP contribution in [0, 0.1) is 0 Å². The van der Waals surface area contributed by atoms with Gasteiger partial charge in [-0.15, -0.1) is 0 Å². The second-order valence-electron chi connectivity index (χ2n) is 3.87. The van der Waals surface area contributed by atoms with Gasteiger partial charge >= 0.3 is 6.09 Å². The molecule has 0 fully saturated rings. The van der Waals surface area contributed by atoms with Crippen molar-refractivity contribution in [3.8, 4) is 0 Å². The molecule has 1 atom stereocenters. The third kappa shape index (κ3) is 3.60. The highest BCUT2D eigenvalue weighted by Crippen LogP contribution is 2.19. The van der Waals surface area contributed by atoms with Crippen molar-refractivity contribution in [1.82, 2.24) is 5.32 Å². The summed E-state index contributed by atoms with van der Waals surface area (Å²) in [7, 11) is 0. The van der Waals surface area contributed by atoms with Gasteiger partial charge in [-0.3, -0.25) is 0 Å². The number of carbonyl (C=O) groups is 1. The largest absolute Gasteiger partial charge is 0.445 e. The second kappa shape index (κ2) is 6.06. The Bertz CT molecular complexity index is 378. The van der Waals surface area contributed by atoms with E-state index in [0.29, 0.717) is 0 Å². The number of hydrogen-bond donors (Lipinski definition) is 2. The quantitative estimate of drug-likeness (QED) is 0.765. The number of ether oxygens (including phenoxy) is 1. The first-order valence-electron chi connectivity index (χ1n) is 5.34. The molecule has 92 valence electrons. The lowest BCUT2D eigenvalue weighted by Crippen LogP contribution is -2.46. The van der Waals surface area contributed by atoms with Crippen molar-refractivity contribution in [1.29, 1.82) is 0 Å². The summed E-state index contributed by atoms with van der Waals surface area (Å²) in [6, 6.07) is 9.24. The molecule has 1 unspecified atom stereocenters. The maximum Gasteiger partial charge on any atom is 0.408 e. The fourth-order valence-electron chi connectivity index (χ4n) is 1.40. The Kier molecular flexibility index (Phi) is 4.72. The molecule has 1 aromatic rings. The van der Waals surface area contributed by atoms with Crippen molar-refractivity contribution in [3.05, 3.63) is 48.6 Å². The molecule has 0 radical (unpaired) electrons. The fourth-order valence-corrected chi connectivity index (χ4v) is 1.40. The Morgan fingerprint density at radius 3 is 2.71 bits per heavy atom. The molecule has 0 bridgehead atoms. The average Bonchev–Trinajstić information content (AvgIpc) is 2.37. The molecule has 0 saturated heterocycles. The van der Waals surface area contributed by atoms with Crippen LogP contribution in [0.4, 0.5) is 4.79 Å². The molecule has 0 spiro atoms. The van der Waals surface area contributed by atoms with Crippen LogP contribution in [-0.4, -0.2) is 24.4 Å². The van der Waals surface area contributed by atoms with Crippen molar-refractivity contribution in [2.45, 2.75) is 12.5 Å². The molecule has 2 N–H and O–H groups in total. The number of aliphatic hydroxyl groups excluding tert-OH is 1. The van der Waals surface area contributed by atoms with E-state index in [9.17, 15) is 9.90 Å². The van der Waals surface area contributed by atoms with Crippen LogP contribution in [0.2, 0.25) is 0 Å². The van der Waals surface area contributed by atoms with Crippen LogP contribution < -0.4 is 5.32 Å². The van der Waals surface area contributed by atoms with Crippen LogP contribution in [0.1, 0.15) is 12.5 Å². The van der Waals surface area contributed by atoms with Gasteiger partial charge < -0.3 is 15.2 Å². The Balaban J connectivity index is 2.76. The van der Waals surface area contributed by atoms with Crippen LogP contribution >= 0.6 is 0 Å². The van der Waals surface area contributed by atoms with Gasteiger partial charge in [-0.25, -0.2) is 4.79 Å². The number of aliphatic hydroxyl groups is 1. The summed E-state index contributed by atoms with van der Waals surface area (Å²) in [5, 5.41) is 12.1. The normalized spacial score (nSPS) is 13.5. The number of carbonyl (C=O) groups excluding carboxylic acids is 1. The van der Waals surface area contributed by atoms with Gasteiger partial charge in [0.1, 0.15) is 6.61 Å². The lowest BCUT2D eigenvalue weighted by Gasteiger charge is -2.28. The molecule has 1 amide bonds. The summed E-state index contributed by atoms with van der Waals surface area (Å²) in [5.41, 5.74) is -0.0301. The van der Waals surface area contributed by atoms with E-state index in [0.717, 1.165) is 5.56 Å². The molecule has 1 aromatic carbocycles. The molecule has 0 aliphatic rings. The van der Waals surface area contributed by atoms with Gasteiger partial charge in [0, 0.05) is 0 Å². The summed E-state index contributed by atoms with van der Waals surface area (Å²) in [4.78, 5) is 11.5. The first kappa shape index (κ1) is 13.3. The minimum Gasteiger partial charge on any atom is -0.445 e. The molecule has 4 heteroatoms. The van der Waals surface area contributed by atoms with E-state index in [1.165, 1.54) is 6.08 Å². The maximum atomic E-state index is 11.5. The minimum absolute atomic E-state index is 0.141.